The van der Waals surface area contributed by atoms with Crippen molar-refractivity contribution >= 4 is 10.0 Å². The highest BCUT2D eigenvalue weighted by Crippen LogP contribution is 2.01. The van der Waals surface area contributed by atoms with Gasteiger partial charge in [-0.1, -0.05) is 0 Å². The topological polar surface area (TPSA) is 84.1 Å². The summed E-state index contributed by atoms with van der Waals surface area (Å²) in [4.78, 5) is 6.18. The molecule has 0 fully saturated rings. The smallest absolute Gasteiger partial charge is 0.257 e. The fourth-order valence-electron chi connectivity index (χ4n) is 0.993. The number of hydrogen-bond acceptors (Lipinski definition) is 4. The summed E-state index contributed by atoms with van der Waals surface area (Å²) in [6.07, 6.45) is 3.25. The van der Waals surface area contributed by atoms with Crippen LogP contribution in [0.4, 0.5) is 0 Å². The molecule has 1 heterocycles. The number of sulfonamides is 1. The van der Waals surface area contributed by atoms with E-state index in [0.717, 1.165) is 0 Å². The standard InChI is InChI=1S/C8H15N3O3S/c1-2-14-5-3-4-11-15(12,13)8-6-9-7-10-8/h6-7,11H,2-5H2,1H3,(H,9,10). The van der Waals surface area contributed by atoms with Gasteiger partial charge in [-0.25, -0.2) is 18.1 Å². The van der Waals surface area contributed by atoms with Crippen LogP contribution in [0.25, 0.3) is 0 Å². The van der Waals surface area contributed by atoms with Crippen molar-refractivity contribution in [2.45, 2.75) is 18.4 Å². The molecule has 0 saturated heterocycles. The monoisotopic (exact) mass is 233 g/mol. The predicted octanol–water partition coefficient (Wildman–Crippen LogP) is 0.115. The van der Waals surface area contributed by atoms with Crippen LogP contribution >= 0.6 is 0 Å². The van der Waals surface area contributed by atoms with E-state index in [4.69, 9.17) is 4.74 Å². The van der Waals surface area contributed by atoms with Gasteiger partial charge in [0.25, 0.3) is 10.0 Å². The number of rotatable bonds is 7. The Morgan fingerprint density at radius 2 is 2.40 bits per heavy atom. The Labute approximate surface area is 89.1 Å². The van der Waals surface area contributed by atoms with Gasteiger partial charge < -0.3 is 9.72 Å². The largest absolute Gasteiger partial charge is 0.382 e. The van der Waals surface area contributed by atoms with E-state index in [1.807, 2.05) is 6.92 Å². The summed E-state index contributed by atoms with van der Waals surface area (Å²) >= 11 is 0. The molecule has 7 heteroatoms. The maximum absolute atomic E-state index is 11.5. The first-order valence-electron chi connectivity index (χ1n) is 4.72. The summed E-state index contributed by atoms with van der Waals surface area (Å²) in [5, 5.41) is 0.0823. The molecule has 15 heavy (non-hydrogen) atoms. The van der Waals surface area contributed by atoms with Gasteiger partial charge in [-0.3, -0.25) is 0 Å². The molecule has 0 bridgehead atoms. The minimum absolute atomic E-state index is 0.0823. The minimum atomic E-state index is -3.43. The van der Waals surface area contributed by atoms with Crippen LogP contribution in [-0.2, 0) is 14.8 Å². The van der Waals surface area contributed by atoms with Crippen molar-refractivity contribution in [3.05, 3.63) is 12.5 Å². The summed E-state index contributed by atoms with van der Waals surface area (Å²) in [6, 6.07) is 0. The van der Waals surface area contributed by atoms with Crippen molar-refractivity contribution in [2.75, 3.05) is 19.8 Å². The Balaban J connectivity index is 2.32. The first-order chi connectivity index (χ1) is 7.17. The molecule has 0 aliphatic heterocycles. The second-order valence-corrected chi connectivity index (χ2v) is 4.60. The van der Waals surface area contributed by atoms with E-state index in [1.165, 1.54) is 12.5 Å². The van der Waals surface area contributed by atoms with Crippen LogP contribution < -0.4 is 4.72 Å². The average Bonchev–Trinajstić information content (AvgIpc) is 2.70. The zero-order valence-corrected chi connectivity index (χ0v) is 9.38. The first kappa shape index (κ1) is 12.2. The highest BCUT2D eigenvalue weighted by Gasteiger charge is 2.13. The molecule has 0 amide bonds. The third-order valence-electron chi connectivity index (χ3n) is 1.72. The van der Waals surface area contributed by atoms with Crippen LogP contribution in [0.2, 0.25) is 0 Å². The fraction of sp³-hybridized carbons (Fsp3) is 0.625. The molecule has 0 aliphatic rings. The normalized spacial score (nSPS) is 11.8. The molecule has 1 aromatic heterocycles. The number of aromatic nitrogens is 2. The quantitative estimate of drug-likeness (QED) is 0.655. The van der Waals surface area contributed by atoms with E-state index in [-0.39, 0.29) is 5.03 Å². The molecular formula is C8H15N3O3S. The SMILES string of the molecule is CCOCCCNS(=O)(=O)c1cnc[nH]1. The van der Waals surface area contributed by atoms with E-state index in [0.29, 0.717) is 26.2 Å². The first-order valence-corrected chi connectivity index (χ1v) is 6.21. The molecule has 0 aliphatic carbocycles. The van der Waals surface area contributed by atoms with Gasteiger partial charge in [-0.15, -0.1) is 0 Å². The molecule has 0 saturated carbocycles. The van der Waals surface area contributed by atoms with Gasteiger partial charge in [-0.2, -0.15) is 0 Å². The zero-order valence-electron chi connectivity index (χ0n) is 8.56. The number of aromatic amines is 1. The lowest BCUT2D eigenvalue weighted by Gasteiger charge is -2.04. The molecule has 86 valence electrons. The average molecular weight is 233 g/mol. The molecule has 0 aromatic carbocycles. The second kappa shape index (κ2) is 5.84. The molecule has 1 rings (SSSR count). The predicted molar refractivity (Wildman–Crippen MR) is 54.9 cm³/mol. The molecule has 0 spiro atoms. The number of ether oxygens (including phenoxy) is 1. The lowest BCUT2D eigenvalue weighted by molar-refractivity contribution is 0.146. The Hall–Kier alpha value is -0.920. The van der Waals surface area contributed by atoms with Crippen molar-refractivity contribution in [3.8, 4) is 0 Å². The van der Waals surface area contributed by atoms with E-state index in [1.54, 1.807) is 0 Å². The maximum Gasteiger partial charge on any atom is 0.257 e. The van der Waals surface area contributed by atoms with Crippen molar-refractivity contribution in [3.63, 3.8) is 0 Å². The van der Waals surface area contributed by atoms with Gasteiger partial charge in [0.1, 0.15) is 0 Å². The summed E-state index contributed by atoms with van der Waals surface area (Å²) < 4.78 is 30.5. The van der Waals surface area contributed by atoms with Crippen LogP contribution in [-0.4, -0.2) is 38.1 Å². The summed E-state index contributed by atoms with van der Waals surface area (Å²) in [5.41, 5.74) is 0. The van der Waals surface area contributed by atoms with Crippen LogP contribution in [0.3, 0.4) is 0 Å². The number of nitrogens with zero attached hydrogens (tertiary/aromatic N) is 1. The number of H-pyrrole nitrogens is 1. The lowest BCUT2D eigenvalue weighted by atomic mass is 10.5. The van der Waals surface area contributed by atoms with E-state index < -0.39 is 10.0 Å². The highest BCUT2D eigenvalue weighted by atomic mass is 32.2. The van der Waals surface area contributed by atoms with E-state index >= 15 is 0 Å². The summed E-state index contributed by atoms with van der Waals surface area (Å²) in [5.74, 6) is 0. The Bertz CT molecular complexity index is 360. The molecule has 0 radical (unpaired) electrons. The molecule has 1 aromatic rings. The van der Waals surface area contributed by atoms with Crippen molar-refractivity contribution in [1.82, 2.24) is 14.7 Å². The van der Waals surface area contributed by atoms with Gasteiger partial charge in [0.15, 0.2) is 5.03 Å². The van der Waals surface area contributed by atoms with Crippen molar-refractivity contribution < 1.29 is 13.2 Å². The van der Waals surface area contributed by atoms with Gasteiger partial charge in [0, 0.05) is 19.8 Å². The number of hydrogen-bond donors (Lipinski definition) is 2. The molecular weight excluding hydrogens is 218 g/mol. The maximum atomic E-state index is 11.5. The molecule has 0 unspecified atom stereocenters. The third-order valence-corrected chi connectivity index (χ3v) is 3.11. The molecule has 0 atom stereocenters. The summed E-state index contributed by atoms with van der Waals surface area (Å²) in [7, 11) is -3.43. The highest BCUT2D eigenvalue weighted by molar-refractivity contribution is 7.89. The molecule has 2 N–H and O–H groups in total. The van der Waals surface area contributed by atoms with Crippen molar-refractivity contribution in [2.24, 2.45) is 0 Å². The van der Waals surface area contributed by atoms with Crippen LogP contribution in [0, 0.1) is 0 Å². The van der Waals surface area contributed by atoms with Crippen molar-refractivity contribution in [1.29, 1.82) is 0 Å². The Kier molecular flexibility index (Phi) is 4.73. The van der Waals surface area contributed by atoms with Gasteiger partial charge in [0.05, 0.1) is 12.5 Å². The number of imidazole rings is 1. The minimum Gasteiger partial charge on any atom is -0.382 e. The van der Waals surface area contributed by atoms with Crippen LogP contribution in [0.1, 0.15) is 13.3 Å². The number of nitrogens with one attached hydrogen (secondary N) is 2. The Morgan fingerprint density at radius 1 is 1.60 bits per heavy atom. The van der Waals surface area contributed by atoms with E-state index in [2.05, 4.69) is 14.7 Å². The van der Waals surface area contributed by atoms with Gasteiger partial charge in [-0.05, 0) is 13.3 Å². The zero-order chi connectivity index (χ0) is 11.1. The Morgan fingerprint density at radius 3 is 3.00 bits per heavy atom. The third kappa shape index (κ3) is 3.98. The van der Waals surface area contributed by atoms with Gasteiger partial charge >= 0.3 is 0 Å². The lowest BCUT2D eigenvalue weighted by Crippen LogP contribution is -2.25. The summed E-state index contributed by atoms with van der Waals surface area (Å²) in [6.45, 7) is 3.46. The molecule has 6 nitrogen and oxygen atoms in total. The van der Waals surface area contributed by atoms with Crippen LogP contribution in [0.15, 0.2) is 17.6 Å². The second-order valence-electron chi connectivity index (χ2n) is 2.86. The van der Waals surface area contributed by atoms with Crippen LogP contribution in [0.5, 0.6) is 0 Å². The van der Waals surface area contributed by atoms with E-state index in [9.17, 15) is 8.42 Å². The fourth-order valence-corrected chi connectivity index (χ4v) is 1.97. The van der Waals surface area contributed by atoms with Gasteiger partial charge in [0.2, 0.25) is 0 Å².